The Balaban J connectivity index is 2.26. The predicted octanol–water partition coefficient (Wildman–Crippen LogP) is 1.43. The molecule has 0 aliphatic carbocycles. The molecule has 1 heterocycles. The second-order valence-corrected chi connectivity index (χ2v) is 4.83. The lowest BCUT2D eigenvalue weighted by Crippen LogP contribution is -2.51. The third-order valence-corrected chi connectivity index (χ3v) is 2.99. The van der Waals surface area contributed by atoms with E-state index in [0.29, 0.717) is 16.6 Å². The lowest BCUT2D eigenvalue weighted by molar-refractivity contribution is 0.0828. The van der Waals surface area contributed by atoms with Gasteiger partial charge in [-0.05, 0) is 18.2 Å². The third-order valence-electron chi connectivity index (χ3n) is 2.76. The molecule has 2 N–H and O–H groups in total. The van der Waals surface area contributed by atoms with Crippen LogP contribution in [0.5, 0.6) is 0 Å². The Morgan fingerprint density at radius 2 is 2.18 bits per heavy atom. The fourth-order valence-corrected chi connectivity index (χ4v) is 1.85. The number of carbonyl (C=O) groups excluding carboxylic acids is 1. The summed E-state index contributed by atoms with van der Waals surface area (Å²) in [6.45, 7) is 1.84. The van der Waals surface area contributed by atoms with Crippen LogP contribution in [0.4, 0.5) is 5.69 Å². The van der Waals surface area contributed by atoms with Crippen LogP contribution >= 0.6 is 11.6 Å². The number of anilines is 1. The molecular weight excluding hydrogens is 238 g/mol. The average molecular weight is 254 g/mol. The van der Waals surface area contributed by atoms with Crippen molar-refractivity contribution in [1.82, 2.24) is 10.2 Å². The first-order valence-electron chi connectivity index (χ1n) is 5.56. The molecule has 92 valence electrons. The molecule has 1 amide bonds. The van der Waals surface area contributed by atoms with Crippen LogP contribution in [-0.4, -0.2) is 44.0 Å². The molecule has 1 fully saturated rings. The Hall–Kier alpha value is -1.26. The van der Waals surface area contributed by atoms with E-state index in [4.69, 9.17) is 11.6 Å². The summed E-state index contributed by atoms with van der Waals surface area (Å²) in [6.07, 6.45) is 0. The van der Waals surface area contributed by atoms with Crippen molar-refractivity contribution in [3.05, 3.63) is 28.8 Å². The summed E-state index contributed by atoms with van der Waals surface area (Å²) < 4.78 is 0. The molecule has 0 saturated carbocycles. The van der Waals surface area contributed by atoms with E-state index in [2.05, 4.69) is 10.6 Å². The summed E-state index contributed by atoms with van der Waals surface area (Å²) in [5, 5.41) is 7.14. The van der Waals surface area contributed by atoms with Crippen molar-refractivity contribution in [3.63, 3.8) is 0 Å². The first-order valence-corrected chi connectivity index (χ1v) is 5.94. The molecule has 17 heavy (non-hydrogen) atoms. The zero-order valence-electron chi connectivity index (χ0n) is 9.96. The van der Waals surface area contributed by atoms with E-state index in [1.54, 1.807) is 37.2 Å². The Bertz CT molecular complexity index is 430. The highest BCUT2D eigenvalue weighted by atomic mass is 35.5. The zero-order valence-corrected chi connectivity index (χ0v) is 10.7. The average Bonchev–Trinajstić information content (AvgIpc) is 2.22. The van der Waals surface area contributed by atoms with E-state index in [9.17, 15) is 4.79 Å². The summed E-state index contributed by atoms with van der Waals surface area (Å²) in [7, 11) is 3.48. The monoisotopic (exact) mass is 253 g/mol. The van der Waals surface area contributed by atoms with E-state index in [0.717, 1.165) is 18.8 Å². The van der Waals surface area contributed by atoms with Crippen molar-refractivity contribution in [3.8, 4) is 0 Å². The van der Waals surface area contributed by atoms with Gasteiger partial charge in [-0.25, -0.2) is 0 Å². The largest absolute Gasteiger partial charge is 0.379 e. The van der Waals surface area contributed by atoms with Crippen molar-refractivity contribution < 1.29 is 4.79 Å². The molecular formula is C12H16ClN3O. The van der Waals surface area contributed by atoms with Gasteiger partial charge in [0, 0.05) is 37.9 Å². The smallest absolute Gasteiger partial charge is 0.255 e. The van der Waals surface area contributed by atoms with Crippen LogP contribution in [0, 0.1) is 0 Å². The molecule has 2 rings (SSSR count). The number of rotatable bonds is 3. The molecule has 0 unspecified atom stereocenters. The number of halogens is 1. The van der Waals surface area contributed by atoms with Gasteiger partial charge in [0.25, 0.3) is 5.91 Å². The topological polar surface area (TPSA) is 44.4 Å². The van der Waals surface area contributed by atoms with Gasteiger partial charge in [0.05, 0.1) is 11.6 Å². The van der Waals surface area contributed by atoms with Gasteiger partial charge < -0.3 is 15.5 Å². The second-order valence-electron chi connectivity index (χ2n) is 4.39. The lowest BCUT2D eigenvalue weighted by atomic mass is 10.1. The van der Waals surface area contributed by atoms with Gasteiger partial charge in [0.1, 0.15) is 0 Å². The molecule has 1 aliphatic rings. The van der Waals surface area contributed by atoms with Gasteiger partial charge in [-0.3, -0.25) is 4.79 Å². The Labute approximate surface area is 106 Å². The molecule has 0 atom stereocenters. The maximum Gasteiger partial charge on any atom is 0.255 e. The minimum Gasteiger partial charge on any atom is -0.379 e. The van der Waals surface area contributed by atoms with Crippen LogP contribution in [0.25, 0.3) is 0 Å². The van der Waals surface area contributed by atoms with E-state index in [1.807, 2.05) is 0 Å². The molecule has 1 aromatic carbocycles. The van der Waals surface area contributed by atoms with Gasteiger partial charge in [0.2, 0.25) is 0 Å². The van der Waals surface area contributed by atoms with Gasteiger partial charge in [0.15, 0.2) is 0 Å². The van der Waals surface area contributed by atoms with Crippen LogP contribution in [0.3, 0.4) is 0 Å². The van der Waals surface area contributed by atoms with Gasteiger partial charge in [-0.15, -0.1) is 0 Å². The number of hydrogen-bond acceptors (Lipinski definition) is 3. The second kappa shape index (κ2) is 4.94. The number of carbonyl (C=O) groups is 1. The van der Waals surface area contributed by atoms with Crippen LogP contribution in [-0.2, 0) is 0 Å². The zero-order chi connectivity index (χ0) is 12.4. The highest BCUT2D eigenvalue weighted by Crippen LogP contribution is 2.23. The Morgan fingerprint density at radius 3 is 2.71 bits per heavy atom. The number of nitrogens with zero attached hydrogens (tertiary/aromatic N) is 1. The number of benzene rings is 1. The summed E-state index contributed by atoms with van der Waals surface area (Å²) in [5.41, 5.74) is 1.47. The summed E-state index contributed by atoms with van der Waals surface area (Å²) >= 11 is 5.97. The quantitative estimate of drug-likeness (QED) is 0.857. The van der Waals surface area contributed by atoms with Gasteiger partial charge in [-0.1, -0.05) is 11.6 Å². The number of hydrogen-bond donors (Lipinski definition) is 2. The van der Waals surface area contributed by atoms with Crippen molar-refractivity contribution in [2.45, 2.75) is 6.04 Å². The minimum absolute atomic E-state index is 0.0172. The SMILES string of the molecule is CN(C)C(=O)c1ccc(Cl)cc1NC1CNC1. The van der Waals surface area contributed by atoms with Crippen LogP contribution in [0.15, 0.2) is 18.2 Å². The van der Waals surface area contributed by atoms with Crippen LogP contribution in [0.2, 0.25) is 5.02 Å². The predicted molar refractivity (Wildman–Crippen MR) is 69.7 cm³/mol. The fourth-order valence-electron chi connectivity index (χ4n) is 1.67. The van der Waals surface area contributed by atoms with Crippen LogP contribution in [0.1, 0.15) is 10.4 Å². The minimum atomic E-state index is -0.0172. The van der Waals surface area contributed by atoms with Crippen molar-refractivity contribution in [2.24, 2.45) is 0 Å². The number of amides is 1. The molecule has 0 radical (unpaired) electrons. The van der Waals surface area contributed by atoms with E-state index in [1.165, 1.54) is 0 Å². The fraction of sp³-hybridized carbons (Fsp3) is 0.417. The molecule has 5 heteroatoms. The lowest BCUT2D eigenvalue weighted by Gasteiger charge is -2.30. The highest BCUT2D eigenvalue weighted by molar-refractivity contribution is 6.31. The summed E-state index contributed by atoms with van der Waals surface area (Å²) in [4.78, 5) is 13.6. The van der Waals surface area contributed by atoms with E-state index >= 15 is 0 Å². The van der Waals surface area contributed by atoms with E-state index < -0.39 is 0 Å². The molecule has 0 aromatic heterocycles. The Morgan fingerprint density at radius 1 is 1.47 bits per heavy atom. The molecule has 0 bridgehead atoms. The molecule has 1 saturated heterocycles. The molecule has 0 spiro atoms. The summed E-state index contributed by atoms with van der Waals surface area (Å²) in [6, 6.07) is 5.68. The maximum atomic E-state index is 12.0. The standard InChI is InChI=1S/C12H16ClN3O/c1-16(2)12(17)10-4-3-8(13)5-11(10)15-9-6-14-7-9/h3-5,9,14-15H,6-7H2,1-2H3. The first kappa shape index (κ1) is 12.2. The Kier molecular flexibility index (Phi) is 3.54. The van der Waals surface area contributed by atoms with Gasteiger partial charge >= 0.3 is 0 Å². The molecule has 1 aliphatic heterocycles. The molecule has 1 aromatic rings. The maximum absolute atomic E-state index is 12.0. The van der Waals surface area contributed by atoms with E-state index in [-0.39, 0.29) is 5.91 Å². The van der Waals surface area contributed by atoms with Crippen molar-refractivity contribution in [1.29, 1.82) is 0 Å². The van der Waals surface area contributed by atoms with Crippen molar-refractivity contribution in [2.75, 3.05) is 32.5 Å². The normalized spacial score (nSPS) is 15.2. The molecule has 4 nitrogen and oxygen atoms in total. The van der Waals surface area contributed by atoms with Crippen molar-refractivity contribution >= 4 is 23.2 Å². The third kappa shape index (κ3) is 2.70. The van der Waals surface area contributed by atoms with Crippen LogP contribution < -0.4 is 10.6 Å². The first-order chi connectivity index (χ1) is 8.08. The highest BCUT2D eigenvalue weighted by Gasteiger charge is 2.20. The number of nitrogens with one attached hydrogen (secondary N) is 2. The van der Waals surface area contributed by atoms with Gasteiger partial charge in [-0.2, -0.15) is 0 Å². The summed E-state index contributed by atoms with van der Waals surface area (Å²) in [5.74, 6) is -0.0172.